The fourth-order valence-corrected chi connectivity index (χ4v) is 8.73. The molecular weight excluding hydrogens is 465 g/mol. The highest BCUT2D eigenvalue weighted by molar-refractivity contribution is 6.01. The summed E-state index contributed by atoms with van der Waals surface area (Å²) in [6, 6.07) is 0. The second kappa shape index (κ2) is 7.90. The lowest BCUT2D eigenvalue weighted by molar-refractivity contribution is -0.265. The van der Waals surface area contributed by atoms with Crippen molar-refractivity contribution in [3.8, 4) is 0 Å². The number of ketones is 2. The minimum absolute atomic E-state index is 0.0485. The molecule has 3 saturated carbocycles. The number of alkyl halides is 1. The van der Waals surface area contributed by atoms with Gasteiger partial charge in [-0.15, -0.1) is 0 Å². The Labute approximate surface area is 209 Å². The van der Waals surface area contributed by atoms with E-state index in [0.717, 1.165) is 5.57 Å². The number of fused-ring (bicyclic) bond motifs is 7. The summed E-state index contributed by atoms with van der Waals surface area (Å²) in [4.78, 5) is 36.1. The molecule has 0 aromatic carbocycles. The molecule has 1 saturated heterocycles. The standard InChI is InChI=1S/C27H34FN3O5/c1-24-6-5-19(33)11-17(24)3-4-20-21-12-18-14-31(10-9-30-8-7-29-16-30)36-27(18,23(35)15-32)25(21,2)13-22(34)26(20,24)28/h5-8,11,16,18,20-22,32,34H,3-4,9-10,12-15H2,1-2H3/t18-,20-,21-,22-,24-,25-,26-,27-/m0/s1. The van der Waals surface area contributed by atoms with Crippen molar-refractivity contribution in [3.05, 3.63) is 42.5 Å². The molecule has 0 unspecified atom stereocenters. The molecule has 1 aromatic heterocycles. The second-order valence-corrected chi connectivity index (χ2v) is 11.8. The van der Waals surface area contributed by atoms with Gasteiger partial charge in [0.25, 0.3) is 0 Å². The van der Waals surface area contributed by atoms with Gasteiger partial charge < -0.3 is 14.8 Å². The van der Waals surface area contributed by atoms with E-state index in [0.29, 0.717) is 38.9 Å². The monoisotopic (exact) mass is 499 g/mol. The molecule has 1 aromatic rings. The lowest BCUT2D eigenvalue weighted by Crippen LogP contribution is -2.69. The third-order valence-electron chi connectivity index (χ3n) is 10.4. The molecule has 36 heavy (non-hydrogen) atoms. The molecule has 2 heterocycles. The molecule has 0 amide bonds. The predicted octanol–water partition coefficient (Wildman–Crippen LogP) is 2.03. The van der Waals surface area contributed by atoms with Crippen molar-refractivity contribution in [3.63, 3.8) is 0 Å². The number of allylic oxidation sites excluding steroid dienone is 4. The van der Waals surface area contributed by atoms with E-state index < -0.39 is 46.5 Å². The van der Waals surface area contributed by atoms with Gasteiger partial charge in [-0.25, -0.2) is 9.37 Å². The van der Waals surface area contributed by atoms with Gasteiger partial charge in [0.15, 0.2) is 22.8 Å². The van der Waals surface area contributed by atoms with Gasteiger partial charge in [-0.05, 0) is 50.7 Å². The van der Waals surface area contributed by atoms with Gasteiger partial charge >= 0.3 is 0 Å². The maximum atomic E-state index is 17.4. The third-order valence-corrected chi connectivity index (χ3v) is 10.4. The quantitative estimate of drug-likeness (QED) is 0.639. The molecule has 194 valence electrons. The first-order valence-corrected chi connectivity index (χ1v) is 13.0. The minimum atomic E-state index is -1.96. The summed E-state index contributed by atoms with van der Waals surface area (Å²) in [6.45, 7) is 4.75. The van der Waals surface area contributed by atoms with E-state index in [4.69, 9.17) is 4.84 Å². The number of carbonyl (C=O) groups is 2. The van der Waals surface area contributed by atoms with Crippen LogP contribution in [0.5, 0.6) is 0 Å². The summed E-state index contributed by atoms with van der Waals surface area (Å²) in [7, 11) is 0. The number of aliphatic hydroxyl groups is 2. The molecule has 0 bridgehead atoms. The number of nitrogens with zero attached hydrogens (tertiary/aromatic N) is 3. The Morgan fingerprint density at radius 3 is 2.83 bits per heavy atom. The predicted molar refractivity (Wildman–Crippen MR) is 127 cm³/mol. The van der Waals surface area contributed by atoms with Crippen LogP contribution in [-0.2, 0) is 21.0 Å². The zero-order chi connectivity index (χ0) is 25.5. The van der Waals surface area contributed by atoms with Crippen molar-refractivity contribution in [2.75, 3.05) is 19.7 Å². The molecule has 5 aliphatic rings. The highest BCUT2D eigenvalue weighted by Gasteiger charge is 2.78. The van der Waals surface area contributed by atoms with E-state index in [1.54, 1.807) is 30.6 Å². The first-order chi connectivity index (χ1) is 17.1. The number of carbonyl (C=O) groups excluding carboxylic acids is 2. The number of hydrogen-bond donors (Lipinski definition) is 2. The van der Waals surface area contributed by atoms with Crippen LogP contribution in [0, 0.1) is 28.6 Å². The van der Waals surface area contributed by atoms with Crippen molar-refractivity contribution in [1.29, 1.82) is 0 Å². The average molecular weight is 500 g/mol. The van der Waals surface area contributed by atoms with Crippen LogP contribution in [0.1, 0.15) is 39.5 Å². The van der Waals surface area contributed by atoms with Crippen LogP contribution < -0.4 is 0 Å². The summed E-state index contributed by atoms with van der Waals surface area (Å²) < 4.78 is 19.3. The van der Waals surface area contributed by atoms with Crippen LogP contribution in [0.25, 0.3) is 0 Å². The van der Waals surface area contributed by atoms with Gasteiger partial charge in [0.2, 0.25) is 0 Å². The molecule has 4 aliphatic carbocycles. The minimum Gasteiger partial charge on any atom is -0.390 e. The molecule has 1 aliphatic heterocycles. The molecular formula is C27H34FN3O5. The van der Waals surface area contributed by atoms with Crippen molar-refractivity contribution in [2.24, 2.45) is 28.6 Å². The second-order valence-electron chi connectivity index (χ2n) is 11.8. The number of halogens is 1. The molecule has 8 atom stereocenters. The van der Waals surface area contributed by atoms with Crippen molar-refractivity contribution < 1.29 is 29.0 Å². The fourth-order valence-electron chi connectivity index (χ4n) is 8.73. The first-order valence-electron chi connectivity index (χ1n) is 13.0. The van der Waals surface area contributed by atoms with Crippen molar-refractivity contribution >= 4 is 11.6 Å². The molecule has 4 fully saturated rings. The lowest BCUT2D eigenvalue weighted by atomic mass is 9.44. The Bertz CT molecular complexity index is 1150. The number of hydroxylamine groups is 2. The first kappa shape index (κ1) is 24.2. The Kier molecular flexibility index (Phi) is 5.30. The van der Waals surface area contributed by atoms with E-state index in [1.165, 1.54) is 12.2 Å². The van der Waals surface area contributed by atoms with Gasteiger partial charge in [0, 0.05) is 54.7 Å². The van der Waals surface area contributed by atoms with Gasteiger partial charge in [-0.1, -0.05) is 18.6 Å². The number of rotatable bonds is 5. The number of Topliss-reactive ketones (excluding diaryl/α,β-unsaturated/α-hetero) is 1. The van der Waals surface area contributed by atoms with Crippen LogP contribution >= 0.6 is 0 Å². The lowest BCUT2D eigenvalue weighted by Gasteiger charge is -2.62. The molecule has 8 nitrogen and oxygen atoms in total. The van der Waals surface area contributed by atoms with E-state index in [2.05, 4.69) is 4.98 Å². The van der Waals surface area contributed by atoms with Crippen LogP contribution in [0.3, 0.4) is 0 Å². The van der Waals surface area contributed by atoms with Gasteiger partial charge in [-0.2, -0.15) is 5.06 Å². The van der Waals surface area contributed by atoms with Crippen LogP contribution in [0.15, 0.2) is 42.5 Å². The third kappa shape index (κ3) is 2.85. The maximum absolute atomic E-state index is 17.4. The van der Waals surface area contributed by atoms with E-state index in [9.17, 15) is 19.8 Å². The van der Waals surface area contributed by atoms with Crippen LogP contribution in [-0.4, -0.2) is 73.5 Å². The van der Waals surface area contributed by atoms with E-state index >= 15 is 4.39 Å². The summed E-state index contributed by atoms with van der Waals surface area (Å²) >= 11 is 0. The van der Waals surface area contributed by atoms with Gasteiger partial charge in [-0.3, -0.25) is 14.4 Å². The Morgan fingerprint density at radius 2 is 2.11 bits per heavy atom. The zero-order valence-electron chi connectivity index (χ0n) is 20.8. The number of aromatic nitrogens is 2. The van der Waals surface area contributed by atoms with Crippen LogP contribution in [0.4, 0.5) is 4.39 Å². The number of aliphatic hydroxyl groups excluding tert-OH is 2. The number of hydrogen-bond acceptors (Lipinski definition) is 7. The zero-order valence-corrected chi connectivity index (χ0v) is 20.8. The molecule has 0 spiro atoms. The Balaban J connectivity index is 1.36. The highest BCUT2D eigenvalue weighted by atomic mass is 19.1. The molecule has 0 radical (unpaired) electrons. The van der Waals surface area contributed by atoms with Crippen molar-refractivity contribution in [2.45, 2.75) is 63.4 Å². The summed E-state index contributed by atoms with van der Waals surface area (Å²) in [5.41, 5.74) is -4.45. The maximum Gasteiger partial charge on any atom is 0.192 e. The summed E-state index contributed by atoms with van der Waals surface area (Å²) in [6.07, 6.45) is 10.2. The molecule has 2 N–H and O–H groups in total. The Morgan fingerprint density at radius 1 is 1.31 bits per heavy atom. The topological polar surface area (TPSA) is 105 Å². The van der Waals surface area contributed by atoms with Gasteiger partial charge in [0.05, 0.1) is 12.4 Å². The highest BCUT2D eigenvalue weighted by Crippen LogP contribution is 2.72. The van der Waals surface area contributed by atoms with Crippen molar-refractivity contribution in [1.82, 2.24) is 14.6 Å². The van der Waals surface area contributed by atoms with Gasteiger partial charge in [0.1, 0.15) is 6.61 Å². The normalized spacial score (nSPS) is 45.6. The smallest absolute Gasteiger partial charge is 0.192 e. The SMILES string of the molecule is C[C@]12C=CC(=O)C=C1CC[C@H]1[C@@H]3C[C@H]4CN(CCn5ccnc5)O[C@@]4(C(=O)CO)[C@@]3(C)C[C@H](O)[C@@]12F. The Hall–Kier alpha value is -2.20. The summed E-state index contributed by atoms with van der Waals surface area (Å²) in [5.74, 6) is -1.45. The largest absolute Gasteiger partial charge is 0.390 e. The van der Waals surface area contributed by atoms with E-state index in [1.807, 2.05) is 17.7 Å². The molecule has 6 rings (SSSR count). The fraction of sp³-hybridized carbons (Fsp3) is 0.667. The van der Waals surface area contributed by atoms with Crippen LogP contribution in [0.2, 0.25) is 0 Å². The van der Waals surface area contributed by atoms with E-state index in [-0.39, 0.29) is 24.0 Å². The number of imidazole rings is 1. The average Bonchev–Trinajstić information content (AvgIpc) is 3.54. The molecule has 9 heteroatoms. The summed E-state index contributed by atoms with van der Waals surface area (Å²) in [5, 5.41) is 23.4.